The van der Waals surface area contributed by atoms with Gasteiger partial charge >= 0.3 is 0 Å². The van der Waals surface area contributed by atoms with Gasteiger partial charge in [-0.25, -0.2) is 0 Å². The molecule has 1 heterocycles. The van der Waals surface area contributed by atoms with Gasteiger partial charge < -0.3 is 5.32 Å². The molecule has 94 valence electrons. The van der Waals surface area contributed by atoms with Crippen LogP contribution in [0.5, 0.6) is 0 Å². The first kappa shape index (κ1) is 12.9. The first-order chi connectivity index (χ1) is 8.08. The molecule has 0 bridgehead atoms. The van der Waals surface area contributed by atoms with Crippen molar-refractivity contribution in [1.82, 2.24) is 5.32 Å². The molecule has 0 aromatic carbocycles. The Balaban J connectivity index is 1.98. The Bertz CT molecular complexity index is 404. The first-order valence-corrected chi connectivity index (χ1v) is 7.33. The van der Waals surface area contributed by atoms with Crippen molar-refractivity contribution in [2.45, 2.75) is 39.2 Å². The van der Waals surface area contributed by atoms with Crippen LogP contribution in [-0.4, -0.2) is 11.9 Å². The van der Waals surface area contributed by atoms with Gasteiger partial charge in [-0.2, -0.15) is 0 Å². The van der Waals surface area contributed by atoms with E-state index in [1.807, 2.05) is 0 Å². The third kappa shape index (κ3) is 3.02. The molecule has 1 amide bonds. The summed E-state index contributed by atoms with van der Waals surface area (Å²) < 4.78 is 0.667. The van der Waals surface area contributed by atoms with Gasteiger partial charge in [-0.05, 0) is 30.4 Å². The second-order valence-corrected chi connectivity index (χ2v) is 6.67. The van der Waals surface area contributed by atoms with Crippen LogP contribution in [0.25, 0.3) is 0 Å². The van der Waals surface area contributed by atoms with Crippen LogP contribution in [0.15, 0.2) is 12.1 Å². The highest BCUT2D eigenvalue weighted by molar-refractivity contribution is 7.17. The number of thiophene rings is 1. The SMILES string of the molecule is C[C@H]1[C@H](C)CCC[C@H]1NC(=O)c1ccc(Cl)s1. The molecular formula is C13H18ClNOS. The van der Waals surface area contributed by atoms with Gasteiger partial charge in [0.05, 0.1) is 9.21 Å². The van der Waals surface area contributed by atoms with E-state index in [2.05, 4.69) is 19.2 Å². The fourth-order valence-electron chi connectivity index (χ4n) is 2.46. The Kier molecular flexibility index (Phi) is 4.10. The third-order valence-electron chi connectivity index (χ3n) is 3.82. The van der Waals surface area contributed by atoms with Gasteiger partial charge in [0.15, 0.2) is 0 Å². The minimum Gasteiger partial charge on any atom is -0.348 e. The van der Waals surface area contributed by atoms with E-state index in [-0.39, 0.29) is 5.91 Å². The zero-order valence-corrected chi connectivity index (χ0v) is 11.8. The number of hydrogen-bond acceptors (Lipinski definition) is 2. The van der Waals surface area contributed by atoms with Crippen molar-refractivity contribution in [3.05, 3.63) is 21.3 Å². The number of carbonyl (C=O) groups excluding carboxylic acids is 1. The van der Waals surface area contributed by atoms with Gasteiger partial charge in [0.2, 0.25) is 0 Å². The molecule has 0 saturated heterocycles. The number of rotatable bonds is 2. The molecule has 0 unspecified atom stereocenters. The number of hydrogen-bond donors (Lipinski definition) is 1. The van der Waals surface area contributed by atoms with Crippen molar-refractivity contribution in [3.63, 3.8) is 0 Å². The molecule has 3 atom stereocenters. The summed E-state index contributed by atoms with van der Waals surface area (Å²) in [4.78, 5) is 12.7. The Morgan fingerprint density at radius 3 is 2.82 bits per heavy atom. The first-order valence-electron chi connectivity index (χ1n) is 6.14. The number of halogens is 1. The van der Waals surface area contributed by atoms with Crippen LogP contribution in [-0.2, 0) is 0 Å². The highest BCUT2D eigenvalue weighted by atomic mass is 35.5. The monoisotopic (exact) mass is 271 g/mol. The van der Waals surface area contributed by atoms with E-state index in [1.54, 1.807) is 12.1 Å². The molecule has 1 fully saturated rings. The molecule has 2 rings (SSSR count). The fourth-order valence-corrected chi connectivity index (χ4v) is 3.41. The van der Waals surface area contributed by atoms with Crippen molar-refractivity contribution in [2.24, 2.45) is 11.8 Å². The molecule has 1 saturated carbocycles. The zero-order valence-electron chi connectivity index (χ0n) is 10.2. The van der Waals surface area contributed by atoms with Gasteiger partial charge in [-0.15, -0.1) is 11.3 Å². The summed E-state index contributed by atoms with van der Waals surface area (Å²) in [6.07, 6.45) is 3.58. The van der Waals surface area contributed by atoms with E-state index in [9.17, 15) is 4.79 Å². The second-order valence-electron chi connectivity index (χ2n) is 4.95. The minimum atomic E-state index is 0.0212. The van der Waals surface area contributed by atoms with Crippen molar-refractivity contribution in [2.75, 3.05) is 0 Å². The van der Waals surface area contributed by atoms with Crippen LogP contribution in [0, 0.1) is 11.8 Å². The molecule has 0 spiro atoms. The van der Waals surface area contributed by atoms with Crippen molar-refractivity contribution < 1.29 is 4.79 Å². The maximum atomic E-state index is 12.0. The summed E-state index contributed by atoms with van der Waals surface area (Å²) in [6, 6.07) is 3.87. The highest BCUT2D eigenvalue weighted by Crippen LogP contribution is 2.30. The summed E-state index contributed by atoms with van der Waals surface area (Å²) in [5.74, 6) is 1.27. The molecular weight excluding hydrogens is 254 g/mol. The predicted molar refractivity (Wildman–Crippen MR) is 72.8 cm³/mol. The summed E-state index contributed by atoms with van der Waals surface area (Å²) in [5.41, 5.74) is 0. The van der Waals surface area contributed by atoms with Crippen molar-refractivity contribution in [3.8, 4) is 0 Å². The number of amides is 1. The van der Waals surface area contributed by atoms with Crippen LogP contribution in [0.1, 0.15) is 42.8 Å². The molecule has 17 heavy (non-hydrogen) atoms. The van der Waals surface area contributed by atoms with Gasteiger partial charge in [-0.1, -0.05) is 38.3 Å². The Morgan fingerprint density at radius 1 is 1.41 bits per heavy atom. The minimum absolute atomic E-state index is 0.0212. The highest BCUT2D eigenvalue weighted by Gasteiger charge is 2.28. The average Bonchev–Trinajstić information content (AvgIpc) is 2.72. The fraction of sp³-hybridized carbons (Fsp3) is 0.615. The normalized spacial score (nSPS) is 29.0. The van der Waals surface area contributed by atoms with E-state index < -0.39 is 0 Å². The van der Waals surface area contributed by atoms with E-state index in [4.69, 9.17) is 11.6 Å². The standard InChI is InChI=1S/C13H18ClNOS/c1-8-4-3-5-10(9(8)2)15-13(16)11-6-7-12(14)17-11/h6-10H,3-5H2,1-2H3,(H,15,16)/t8-,9+,10-/m1/s1. The maximum Gasteiger partial charge on any atom is 0.261 e. The van der Waals surface area contributed by atoms with Crippen LogP contribution < -0.4 is 5.32 Å². The van der Waals surface area contributed by atoms with Gasteiger partial charge in [-0.3, -0.25) is 4.79 Å². The van der Waals surface area contributed by atoms with Gasteiger partial charge in [0.1, 0.15) is 0 Å². The van der Waals surface area contributed by atoms with Crippen molar-refractivity contribution >= 4 is 28.8 Å². The van der Waals surface area contributed by atoms with Crippen LogP contribution in [0.3, 0.4) is 0 Å². The Hall–Kier alpha value is -0.540. The van der Waals surface area contributed by atoms with Crippen LogP contribution in [0.2, 0.25) is 4.34 Å². The lowest BCUT2D eigenvalue weighted by molar-refractivity contribution is 0.0895. The molecule has 0 radical (unpaired) electrons. The molecule has 1 aliphatic rings. The molecule has 4 heteroatoms. The van der Waals surface area contributed by atoms with E-state index in [1.165, 1.54) is 24.2 Å². The largest absolute Gasteiger partial charge is 0.348 e. The third-order valence-corrected chi connectivity index (χ3v) is 5.05. The molecule has 1 aliphatic carbocycles. The van der Waals surface area contributed by atoms with Crippen molar-refractivity contribution in [1.29, 1.82) is 0 Å². The topological polar surface area (TPSA) is 29.1 Å². The maximum absolute atomic E-state index is 12.0. The zero-order chi connectivity index (χ0) is 12.4. The summed E-state index contributed by atoms with van der Waals surface area (Å²) >= 11 is 7.18. The van der Waals surface area contributed by atoms with E-state index in [0.29, 0.717) is 27.1 Å². The Morgan fingerprint density at radius 2 is 2.18 bits per heavy atom. The van der Waals surface area contributed by atoms with Gasteiger partial charge in [0, 0.05) is 6.04 Å². The molecule has 0 aliphatic heterocycles. The smallest absolute Gasteiger partial charge is 0.261 e. The van der Waals surface area contributed by atoms with E-state index in [0.717, 1.165) is 6.42 Å². The lowest BCUT2D eigenvalue weighted by Crippen LogP contribution is -2.43. The molecule has 1 N–H and O–H groups in total. The predicted octanol–water partition coefficient (Wildman–Crippen LogP) is 3.96. The molecule has 1 aromatic rings. The molecule has 2 nitrogen and oxygen atoms in total. The summed E-state index contributed by atoms with van der Waals surface area (Å²) in [6.45, 7) is 4.50. The van der Waals surface area contributed by atoms with E-state index >= 15 is 0 Å². The lowest BCUT2D eigenvalue weighted by Gasteiger charge is -2.34. The number of nitrogens with one attached hydrogen (secondary N) is 1. The summed E-state index contributed by atoms with van der Waals surface area (Å²) in [5, 5.41) is 3.14. The quantitative estimate of drug-likeness (QED) is 0.867. The average molecular weight is 272 g/mol. The molecule has 1 aromatic heterocycles. The lowest BCUT2D eigenvalue weighted by atomic mass is 9.78. The van der Waals surface area contributed by atoms with Crippen LogP contribution in [0.4, 0.5) is 0 Å². The summed E-state index contributed by atoms with van der Waals surface area (Å²) in [7, 11) is 0. The number of carbonyl (C=O) groups is 1. The van der Waals surface area contributed by atoms with Crippen LogP contribution >= 0.6 is 22.9 Å². The Labute approximate surface area is 111 Å². The van der Waals surface area contributed by atoms with Gasteiger partial charge in [0.25, 0.3) is 5.91 Å². The second kappa shape index (κ2) is 5.40.